The van der Waals surface area contributed by atoms with Gasteiger partial charge < -0.3 is 9.84 Å². The van der Waals surface area contributed by atoms with E-state index in [0.717, 1.165) is 25.7 Å². The van der Waals surface area contributed by atoms with Crippen LogP contribution in [0.3, 0.4) is 0 Å². The average Bonchev–Trinajstić information content (AvgIpc) is 3.00. The molecule has 94 valence electrons. The van der Waals surface area contributed by atoms with Gasteiger partial charge in [0.1, 0.15) is 0 Å². The first kappa shape index (κ1) is 13.5. The quantitative estimate of drug-likeness (QED) is 0.681. The van der Waals surface area contributed by atoms with Gasteiger partial charge in [-0.05, 0) is 25.7 Å². The molecule has 16 heavy (non-hydrogen) atoms. The predicted molar refractivity (Wildman–Crippen MR) is 63.0 cm³/mol. The molecule has 0 radical (unpaired) electrons. The third-order valence-corrected chi connectivity index (χ3v) is 3.48. The largest absolute Gasteiger partial charge is 0.469 e. The molecular formula is C13H24O3. The third kappa shape index (κ3) is 3.78. The van der Waals surface area contributed by atoms with Gasteiger partial charge in [0.05, 0.1) is 18.6 Å². The molecule has 1 fully saturated rings. The molecule has 2 atom stereocenters. The van der Waals surface area contributed by atoms with Gasteiger partial charge in [0.2, 0.25) is 0 Å². The number of hydrogen-bond acceptors (Lipinski definition) is 3. The van der Waals surface area contributed by atoms with Crippen LogP contribution in [0.4, 0.5) is 0 Å². The summed E-state index contributed by atoms with van der Waals surface area (Å²) >= 11 is 0. The summed E-state index contributed by atoms with van der Waals surface area (Å²) in [6.45, 7) is 3.87. The summed E-state index contributed by atoms with van der Waals surface area (Å²) in [5, 5.41) is 10.4. The fourth-order valence-electron chi connectivity index (χ4n) is 2.28. The number of aliphatic hydroxyl groups is 1. The maximum atomic E-state index is 11.7. The lowest BCUT2D eigenvalue weighted by Gasteiger charge is -2.31. The molecule has 1 rings (SSSR count). The SMILES string of the molecule is CCCCC(C(=O)OC)C(C)(O)CC1CC1. The van der Waals surface area contributed by atoms with Crippen LogP contribution in [0, 0.1) is 11.8 Å². The van der Waals surface area contributed by atoms with Crippen LogP contribution in [0.5, 0.6) is 0 Å². The van der Waals surface area contributed by atoms with Gasteiger partial charge in [0.15, 0.2) is 0 Å². The van der Waals surface area contributed by atoms with Gasteiger partial charge in [-0.3, -0.25) is 4.79 Å². The highest BCUT2D eigenvalue weighted by atomic mass is 16.5. The van der Waals surface area contributed by atoms with E-state index >= 15 is 0 Å². The highest BCUT2D eigenvalue weighted by molar-refractivity contribution is 5.73. The number of methoxy groups -OCH3 is 1. The second-order valence-corrected chi connectivity index (χ2v) is 5.22. The Hall–Kier alpha value is -0.570. The van der Waals surface area contributed by atoms with E-state index < -0.39 is 5.60 Å². The second-order valence-electron chi connectivity index (χ2n) is 5.22. The molecule has 0 aromatic rings. The minimum absolute atomic E-state index is 0.265. The first-order valence-corrected chi connectivity index (χ1v) is 6.31. The summed E-state index contributed by atoms with van der Waals surface area (Å²) in [7, 11) is 1.40. The molecule has 0 heterocycles. The fourth-order valence-corrected chi connectivity index (χ4v) is 2.28. The lowest BCUT2D eigenvalue weighted by molar-refractivity contribution is -0.156. The maximum Gasteiger partial charge on any atom is 0.311 e. The normalized spacial score (nSPS) is 21.2. The Morgan fingerprint density at radius 1 is 1.56 bits per heavy atom. The van der Waals surface area contributed by atoms with Gasteiger partial charge in [-0.25, -0.2) is 0 Å². The van der Waals surface area contributed by atoms with Gasteiger partial charge in [0.25, 0.3) is 0 Å². The molecule has 0 aromatic carbocycles. The smallest absolute Gasteiger partial charge is 0.311 e. The summed E-state index contributed by atoms with van der Waals surface area (Å²) in [5.41, 5.74) is -0.899. The maximum absolute atomic E-state index is 11.7. The van der Waals surface area contributed by atoms with Crippen LogP contribution < -0.4 is 0 Å². The van der Waals surface area contributed by atoms with E-state index in [4.69, 9.17) is 4.74 Å². The molecule has 1 aliphatic rings. The molecule has 1 N–H and O–H groups in total. The molecule has 0 saturated heterocycles. The minimum Gasteiger partial charge on any atom is -0.469 e. The number of carbonyl (C=O) groups is 1. The fraction of sp³-hybridized carbons (Fsp3) is 0.923. The number of unbranched alkanes of at least 4 members (excludes halogenated alkanes) is 1. The molecule has 0 amide bonds. The van der Waals surface area contributed by atoms with E-state index in [1.165, 1.54) is 20.0 Å². The highest BCUT2D eigenvalue weighted by Crippen LogP contribution is 2.40. The number of esters is 1. The topological polar surface area (TPSA) is 46.5 Å². The summed E-state index contributed by atoms with van der Waals surface area (Å²) in [4.78, 5) is 11.7. The van der Waals surface area contributed by atoms with E-state index in [-0.39, 0.29) is 11.9 Å². The zero-order valence-corrected chi connectivity index (χ0v) is 10.7. The van der Waals surface area contributed by atoms with Gasteiger partial charge in [0, 0.05) is 0 Å². The van der Waals surface area contributed by atoms with Crippen LogP contribution in [0.15, 0.2) is 0 Å². The van der Waals surface area contributed by atoms with Crippen molar-refractivity contribution in [3.8, 4) is 0 Å². The molecule has 0 aromatic heterocycles. The third-order valence-electron chi connectivity index (χ3n) is 3.48. The Kier molecular flexibility index (Phi) is 4.78. The molecule has 1 saturated carbocycles. The molecule has 1 aliphatic carbocycles. The van der Waals surface area contributed by atoms with Crippen LogP contribution in [-0.4, -0.2) is 23.8 Å². The monoisotopic (exact) mass is 228 g/mol. The predicted octanol–water partition coefficient (Wildman–Crippen LogP) is 2.52. The van der Waals surface area contributed by atoms with Crippen molar-refractivity contribution in [2.24, 2.45) is 11.8 Å². The minimum atomic E-state index is -0.899. The van der Waals surface area contributed by atoms with Crippen molar-refractivity contribution in [3.63, 3.8) is 0 Å². The Morgan fingerprint density at radius 2 is 2.19 bits per heavy atom. The summed E-state index contributed by atoms with van der Waals surface area (Å²) in [6.07, 6.45) is 5.84. The van der Waals surface area contributed by atoms with Crippen LogP contribution in [-0.2, 0) is 9.53 Å². The van der Waals surface area contributed by atoms with Gasteiger partial charge in [-0.1, -0.05) is 32.6 Å². The molecule has 3 nitrogen and oxygen atoms in total. The number of carbonyl (C=O) groups excluding carboxylic acids is 1. The number of ether oxygens (including phenoxy) is 1. The molecule has 2 unspecified atom stereocenters. The Morgan fingerprint density at radius 3 is 2.62 bits per heavy atom. The van der Waals surface area contributed by atoms with E-state index in [9.17, 15) is 9.90 Å². The highest BCUT2D eigenvalue weighted by Gasteiger charge is 2.41. The standard InChI is InChI=1S/C13H24O3/c1-4-5-6-11(12(14)16-3)13(2,15)9-10-7-8-10/h10-11,15H,4-9H2,1-3H3. The lowest BCUT2D eigenvalue weighted by Crippen LogP contribution is -2.40. The van der Waals surface area contributed by atoms with Gasteiger partial charge in [-0.2, -0.15) is 0 Å². The average molecular weight is 228 g/mol. The molecule has 3 heteroatoms. The van der Waals surface area contributed by atoms with Crippen molar-refractivity contribution < 1.29 is 14.6 Å². The zero-order chi connectivity index (χ0) is 12.2. The van der Waals surface area contributed by atoms with Crippen molar-refractivity contribution in [2.45, 2.75) is 58.0 Å². The van der Waals surface area contributed by atoms with E-state index in [0.29, 0.717) is 5.92 Å². The number of rotatable bonds is 7. The van der Waals surface area contributed by atoms with Crippen molar-refractivity contribution in [2.75, 3.05) is 7.11 Å². The van der Waals surface area contributed by atoms with E-state index in [1.807, 2.05) is 0 Å². The van der Waals surface area contributed by atoms with Crippen LogP contribution in [0.2, 0.25) is 0 Å². The molecular weight excluding hydrogens is 204 g/mol. The van der Waals surface area contributed by atoms with Crippen LogP contribution in [0.25, 0.3) is 0 Å². The molecule has 0 spiro atoms. The molecule has 0 bridgehead atoms. The van der Waals surface area contributed by atoms with E-state index in [1.54, 1.807) is 6.92 Å². The van der Waals surface area contributed by atoms with E-state index in [2.05, 4.69) is 6.92 Å². The lowest BCUT2D eigenvalue weighted by atomic mass is 9.81. The first-order chi connectivity index (χ1) is 7.51. The molecule has 0 aliphatic heterocycles. The summed E-state index contributed by atoms with van der Waals surface area (Å²) < 4.78 is 4.80. The Labute approximate surface area is 98.2 Å². The van der Waals surface area contributed by atoms with Gasteiger partial charge in [-0.15, -0.1) is 0 Å². The second kappa shape index (κ2) is 5.67. The zero-order valence-electron chi connectivity index (χ0n) is 10.7. The Balaban J connectivity index is 2.59. The van der Waals surface area contributed by atoms with Crippen molar-refractivity contribution in [1.82, 2.24) is 0 Å². The van der Waals surface area contributed by atoms with Crippen LogP contribution in [0.1, 0.15) is 52.4 Å². The first-order valence-electron chi connectivity index (χ1n) is 6.31. The van der Waals surface area contributed by atoms with Crippen molar-refractivity contribution in [1.29, 1.82) is 0 Å². The summed E-state index contributed by atoms with van der Waals surface area (Å²) in [5.74, 6) is -0.0130. The summed E-state index contributed by atoms with van der Waals surface area (Å²) in [6, 6.07) is 0. The number of hydrogen-bond donors (Lipinski definition) is 1. The van der Waals surface area contributed by atoms with Crippen molar-refractivity contribution in [3.05, 3.63) is 0 Å². The van der Waals surface area contributed by atoms with Crippen molar-refractivity contribution >= 4 is 5.97 Å². The van der Waals surface area contributed by atoms with Gasteiger partial charge >= 0.3 is 5.97 Å². The van der Waals surface area contributed by atoms with Crippen LogP contribution >= 0.6 is 0 Å². The Bertz CT molecular complexity index is 231.